The van der Waals surface area contributed by atoms with Crippen LogP contribution in [0.25, 0.3) is 5.65 Å². The van der Waals surface area contributed by atoms with E-state index in [1.807, 2.05) is 37.3 Å². The highest BCUT2D eigenvalue weighted by Crippen LogP contribution is 2.29. The number of carbonyl (C=O) groups is 1. The van der Waals surface area contributed by atoms with E-state index in [2.05, 4.69) is 32.3 Å². The van der Waals surface area contributed by atoms with E-state index in [-0.39, 0.29) is 11.9 Å². The second kappa shape index (κ2) is 8.55. The molecule has 0 spiro atoms. The Kier molecular flexibility index (Phi) is 5.29. The number of anilines is 1. The first kappa shape index (κ1) is 20.4. The van der Waals surface area contributed by atoms with Crippen molar-refractivity contribution < 1.29 is 9.18 Å². The molecule has 3 heterocycles. The SMILES string of the molecule is Cc1ccc(NC(=O)N2N=CC[C@H]2c2cccc(F)c2)cc1C#Cc1cnc2cccnn12. The highest BCUT2D eigenvalue weighted by molar-refractivity contribution is 5.91. The topological polar surface area (TPSA) is 74.9 Å². The van der Waals surface area contributed by atoms with Crippen molar-refractivity contribution in [1.82, 2.24) is 19.6 Å². The number of urea groups is 1. The van der Waals surface area contributed by atoms with Crippen LogP contribution in [0, 0.1) is 24.6 Å². The summed E-state index contributed by atoms with van der Waals surface area (Å²) in [5, 5.41) is 12.7. The number of hydrogen-bond donors (Lipinski definition) is 1. The molecule has 0 radical (unpaired) electrons. The maximum absolute atomic E-state index is 13.7. The summed E-state index contributed by atoms with van der Waals surface area (Å²) in [7, 11) is 0. The first-order valence-electron chi connectivity index (χ1n) is 10.4. The normalized spacial score (nSPS) is 14.8. The number of hydrazone groups is 1. The number of amides is 2. The molecule has 0 aliphatic carbocycles. The van der Waals surface area contributed by atoms with Crippen LogP contribution >= 0.6 is 0 Å². The molecule has 1 aliphatic heterocycles. The molecule has 1 N–H and O–H groups in total. The molecule has 0 saturated heterocycles. The third-order valence-corrected chi connectivity index (χ3v) is 5.36. The number of aryl methyl sites for hydroxylation is 1. The molecule has 0 fully saturated rings. The van der Waals surface area contributed by atoms with Gasteiger partial charge in [0.05, 0.1) is 12.2 Å². The van der Waals surface area contributed by atoms with Crippen molar-refractivity contribution in [3.8, 4) is 11.8 Å². The lowest BCUT2D eigenvalue weighted by atomic mass is 10.0. The third-order valence-electron chi connectivity index (χ3n) is 5.36. The molecule has 2 aromatic carbocycles. The summed E-state index contributed by atoms with van der Waals surface area (Å²) in [6.45, 7) is 1.95. The number of imidazole rings is 1. The summed E-state index contributed by atoms with van der Waals surface area (Å²) in [5.41, 5.74) is 4.41. The Hall–Kier alpha value is -4.51. The summed E-state index contributed by atoms with van der Waals surface area (Å²) >= 11 is 0. The Morgan fingerprint density at radius 2 is 2.06 bits per heavy atom. The number of aromatic nitrogens is 3. The zero-order valence-electron chi connectivity index (χ0n) is 17.7. The van der Waals surface area contributed by atoms with E-state index in [1.165, 1.54) is 17.1 Å². The lowest BCUT2D eigenvalue weighted by Crippen LogP contribution is -2.31. The lowest BCUT2D eigenvalue weighted by molar-refractivity contribution is 0.200. The predicted molar refractivity (Wildman–Crippen MR) is 123 cm³/mol. The van der Waals surface area contributed by atoms with Crippen molar-refractivity contribution in [2.45, 2.75) is 19.4 Å². The van der Waals surface area contributed by atoms with Gasteiger partial charge in [-0.25, -0.2) is 23.7 Å². The van der Waals surface area contributed by atoms with Crippen LogP contribution in [0.2, 0.25) is 0 Å². The van der Waals surface area contributed by atoms with E-state index in [0.717, 1.165) is 16.8 Å². The number of hydrogen-bond acceptors (Lipinski definition) is 4. The van der Waals surface area contributed by atoms with Gasteiger partial charge in [-0.05, 0) is 60.4 Å². The summed E-state index contributed by atoms with van der Waals surface area (Å²) in [6.07, 6.45) is 5.54. The molecule has 8 heteroatoms. The van der Waals surface area contributed by atoms with Crippen LogP contribution in [0.1, 0.15) is 34.8 Å². The zero-order chi connectivity index (χ0) is 22.8. The number of rotatable bonds is 2. The van der Waals surface area contributed by atoms with Crippen molar-refractivity contribution in [2.24, 2.45) is 5.10 Å². The molecule has 2 aromatic heterocycles. The van der Waals surface area contributed by atoms with Gasteiger partial charge in [-0.2, -0.15) is 10.2 Å². The van der Waals surface area contributed by atoms with Gasteiger partial charge < -0.3 is 5.32 Å². The highest BCUT2D eigenvalue weighted by Gasteiger charge is 2.28. The Labute approximate surface area is 189 Å². The molecule has 162 valence electrons. The number of carbonyl (C=O) groups excluding carboxylic acids is 1. The average molecular weight is 438 g/mol. The summed E-state index contributed by atoms with van der Waals surface area (Å²) in [6, 6.07) is 14.7. The van der Waals surface area contributed by atoms with Crippen molar-refractivity contribution >= 4 is 23.6 Å². The van der Waals surface area contributed by atoms with Gasteiger partial charge in [0.1, 0.15) is 11.5 Å². The molecule has 0 unspecified atom stereocenters. The molecule has 0 saturated carbocycles. The second-order valence-corrected chi connectivity index (χ2v) is 7.60. The van der Waals surface area contributed by atoms with E-state index in [0.29, 0.717) is 23.4 Å². The summed E-state index contributed by atoms with van der Waals surface area (Å²) in [4.78, 5) is 17.2. The maximum atomic E-state index is 13.7. The standard InChI is InChI=1S/C25H19FN6O/c1-17-7-9-21(15-18(17)8-10-22-16-27-24-6-3-12-28-31(22)24)30-25(33)32-23(11-13-29-32)19-4-2-5-20(26)14-19/h2-7,9,12-16,23H,11H2,1H3,(H,30,33)/t23-/m0/s1. The highest BCUT2D eigenvalue weighted by atomic mass is 19.1. The molecule has 7 nitrogen and oxygen atoms in total. The predicted octanol–water partition coefficient (Wildman–Crippen LogP) is 4.54. The van der Waals surface area contributed by atoms with Gasteiger partial charge in [0.25, 0.3) is 0 Å². The van der Waals surface area contributed by atoms with Gasteiger partial charge in [-0.3, -0.25) is 0 Å². The van der Waals surface area contributed by atoms with E-state index >= 15 is 0 Å². The van der Waals surface area contributed by atoms with Crippen LogP contribution in [-0.4, -0.2) is 31.9 Å². The van der Waals surface area contributed by atoms with Gasteiger partial charge in [-0.1, -0.05) is 24.1 Å². The van der Waals surface area contributed by atoms with Crippen molar-refractivity contribution in [1.29, 1.82) is 0 Å². The quantitative estimate of drug-likeness (QED) is 0.467. The molecular weight excluding hydrogens is 419 g/mol. The molecule has 5 rings (SSSR count). The lowest BCUT2D eigenvalue weighted by Gasteiger charge is -2.22. The molecule has 1 atom stereocenters. The van der Waals surface area contributed by atoms with Gasteiger partial charge in [0.2, 0.25) is 0 Å². The molecule has 33 heavy (non-hydrogen) atoms. The van der Waals surface area contributed by atoms with E-state index in [9.17, 15) is 9.18 Å². The number of nitrogens with one attached hydrogen (secondary N) is 1. The van der Waals surface area contributed by atoms with Gasteiger partial charge >= 0.3 is 6.03 Å². The van der Waals surface area contributed by atoms with E-state index in [1.54, 1.807) is 35.3 Å². The first-order valence-corrected chi connectivity index (χ1v) is 10.4. The van der Waals surface area contributed by atoms with Gasteiger partial charge in [0.15, 0.2) is 5.65 Å². The van der Waals surface area contributed by atoms with Crippen molar-refractivity contribution in [3.63, 3.8) is 0 Å². The van der Waals surface area contributed by atoms with Gasteiger partial charge in [-0.15, -0.1) is 0 Å². The minimum absolute atomic E-state index is 0.345. The largest absolute Gasteiger partial charge is 0.342 e. The summed E-state index contributed by atoms with van der Waals surface area (Å²) < 4.78 is 15.3. The van der Waals surface area contributed by atoms with Crippen molar-refractivity contribution in [2.75, 3.05) is 5.32 Å². The molecule has 0 bridgehead atoms. The smallest absolute Gasteiger partial charge is 0.306 e. The zero-order valence-corrected chi connectivity index (χ0v) is 17.7. The third kappa shape index (κ3) is 4.16. The Morgan fingerprint density at radius 1 is 1.15 bits per heavy atom. The maximum Gasteiger partial charge on any atom is 0.342 e. The number of nitrogens with zero attached hydrogens (tertiary/aromatic N) is 5. The Balaban J connectivity index is 1.36. The van der Waals surface area contributed by atoms with E-state index < -0.39 is 6.03 Å². The van der Waals surface area contributed by atoms with Crippen LogP contribution in [0.3, 0.4) is 0 Å². The number of benzene rings is 2. The average Bonchev–Trinajstić information content (AvgIpc) is 3.47. The Bertz CT molecular complexity index is 1450. The molecule has 1 aliphatic rings. The van der Waals surface area contributed by atoms with Crippen LogP contribution in [0.4, 0.5) is 14.9 Å². The van der Waals surface area contributed by atoms with Crippen LogP contribution in [0.5, 0.6) is 0 Å². The second-order valence-electron chi connectivity index (χ2n) is 7.60. The minimum atomic E-state index is -0.397. The minimum Gasteiger partial charge on any atom is -0.306 e. The van der Waals surface area contributed by atoms with E-state index in [4.69, 9.17) is 0 Å². The summed E-state index contributed by atoms with van der Waals surface area (Å²) in [5.74, 6) is 5.90. The van der Waals surface area contributed by atoms with Crippen LogP contribution in [-0.2, 0) is 0 Å². The first-order chi connectivity index (χ1) is 16.1. The molecular formula is C25H19FN6O. The fraction of sp³-hybridized carbons (Fsp3) is 0.120. The number of fused-ring (bicyclic) bond motifs is 1. The fourth-order valence-corrected chi connectivity index (χ4v) is 3.66. The number of halogens is 1. The van der Waals surface area contributed by atoms with Crippen LogP contribution < -0.4 is 5.32 Å². The fourth-order valence-electron chi connectivity index (χ4n) is 3.66. The van der Waals surface area contributed by atoms with Gasteiger partial charge in [0, 0.05) is 30.1 Å². The Morgan fingerprint density at radius 3 is 2.94 bits per heavy atom. The molecule has 2 amide bonds. The molecule has 4 aromatic rings. The monoisotopic (exact) mass is 438 g/mol. The van der Waals surface area contributed by atoms with Crippen molar-refractivity contribution in [3.05, 3.63) is 95.2 Å². The van der Waals surface area contributed by atoms with Crippen LogP contribution in [0.15, 0.2) is 72.1 Å².